The smallest absolute Gasteiger partial charge is 0.239 e. The molecule has 2 N–H and O–H groups in total. The predicted molar refractivity (Wildman–Crippen MR) is 37.9 cm³/mol. The molecule has 0 saturated carbocycles. The van der Waals surface area contributed by atoms with Crippen LogP contribution >= 0.6 is 0 Å². The van der Waals surface area contributed by atoms with Crippen molar-refractivity contribution in [1.29, 1.82) is 0 Å². The molecule has 2 rings (SSSR count). The van der Waals surface area contributed by atoms with Gasteiger partial charge in [0.1, 0.15) is 5.92 Å². The maximum Gasteiger partial charge on any atom is 0.239 e. The maximum absolute atomic E-state index is 11.1. The van der Waals surface area contributed by atoms with Gasteiger partial charge >= 0.3 is 0 Å². The Morgan fingerprint density at radius 3 is 2.23 bits per heavy atom. The van der Waals surface area contributed by atoms with Crippen molar-refractivity contribution in [2.45, 2.75) is 6.42 Å². The van der Waals surface area contributed by atoms with Crippen molar-refractivity contribution in [1.82, 2.24) is 10.6 Å². The lowest BCUT2D eigenvalue weighted by atomic mass is 9.88. The van der Waals surface area contributed by atoms with Crippen molar-refractivity contribution in [2.75, 3.05) is 0 Å². The second-order valence-corrected chi connectivity index (χ2v) is 3.05. The Morgan fingerprint density at radius 1 is 0.923 bits per heavy atom. The molecule has 0 aromatic rings. The highest BCUT2D eigenvalue weighted by molar-refractivity contribution is 6.20. The number of fused-ring (bicyclic) bond motifs is 1. The third kappa shape index (κ3) is 1.02. The van der Waals surface area contributed by atoms with Crippen molar-refractivity contribution in [3.8, 4) is 0 Å². The SMILES string of the molecule is O=C1C[C@H]2C(=O)NC(=O)[C@H]2C(=O)N1. The normalized spacial score (nSPS) is 32.6. The maximum atomic E-state index is 11.1. The van der Waals surface area contributed by atoms with Gasteiger partial charge in [0.25, 0.3) is 0 Å². The number of amides is 4. The lowest BCUT2D eigenvalue weighted by molar-refractivity contribution is -0.143. The van der Waals surface area contributed by atoms with Crippen molar-refractivity contribution in [2.24, 2.45) is 11.8 Å². The van der Waals surface area contributed by atoms with E-state index in [9.17, 15) is 19.2 Å². The minimum atomic E-state index is -1.01. The Kier molecular flexibility index (Phi) is 1.45. The topological polar surface area (TPSA) is 92.3 Å². The minimum absolute atomic E-state index is 0.0893. The molecule has 2 heterocycles. The average molecular weight is 182 g/mol. The first-order valence-electron chi connectivity index (χ1n) is 3.78. The number of carbonyl (C=O) groups is 4. The number of hydrogen-bond acceptors (Lipinski definition) is 4. The van der Waals surface area contributed by atoms with E-state index in [1.54, 1.807) is 0 Å². The van der Waals surface area contributed by atoms with Gasteiger partial charge in [-0.2, -0.15) is 0 Å². The van der Waals surface area contributed by atoms with Gasteiger partial charge in [-0.25, -0.2) is 0 Å². The summed E-state index contributed by atoms with van der Waals surface area (Å²) in [7, 11) is 0. The number of piperidine rings is 1. The number of imide groups is 2. The summed E-state index contributed by atoms with van der Waals surface area (Å²) in [6, 6.07) is 0. The molecule has 6 heteroatoms. The van der Waals surface area contributed by atoms with E-state index in [0.29, 0.717) is 0 Å². The van der Waals surface area contributed by atoms with E-state index >= 15 is 0 Å². The van der Waals surface area contributed by atoms with Gasteiger partial charge in [0.2, 0.25) is 23.6 Å². The molecule has 0 radical (unpaired) electrons. The predicted octanol–water partition coefficient (Wildman–Crippen LogP) is -2.08. The van der Waals surface area contributed by atoms with Crippen LogP contribution in [0.1, 0.15) is 6.42 Å². The van der Waals surface area contributed by atoms with Gasteiger partial charge in [0.05, 0.1) is 5.92 Å². The summed E-state index contributed by atoms with van der Waals surface area (Å²) in [5.74, 6) is -4.13. The Morgan fingerprint density at radius 2 is 1.54 bits per heavy atom. The van der Waals surface area contributed by atoms with E-state index in [0.717, 1.165) is 0 Å². The van der Waals surface area contributed by atoms with Crippen LogP contribution in [0.25, 0.3) is 0 Å². The highest BCUT2D eigenvalue weighted by Crippen LogP contribution is 2.25. The van der Waals surface area contributed by atoms with Crippen molar-refractivity contribution < 1.29 is 19.2 Å². The highest BCUT2D eigenvalue weighted by atomic mass is 16.2. The van der Waals surface area contributed by atoms with Gasteiger partial charge in [-0.1, -0.05) is 0 Å². The molecule has 2 fully saturated rings. The molecule has 2 atom stereocenters. The third-order valence-corrected chi connectivity index (χ3v) is 2.22. The Labute approximate surface area is 72.7 Å². The van der Waals surface area contributed by atoms with Crippen LogP contribution in [0, 0.1) is 11.8 Å². The molecule has 0 spiro atoms. The van der Waals surface area contributed by atoms with E-state index in [-0.39, 0.29) is 6.42 Å². The molecule has 2 aliphatic heterocycles. The number of carbonyl (C=O) groups excluding carboxylic acids is 4. The first-order valence-corrected chi connectivity index (χ1v) is 3.78. The summed E-state index contributed by atoms with van der Waals surface area (Å²) in [5, 5.41) is 4.03. The van der Waals surface area contributed by atoms with Crippen molar-refractivity contribution in [3.63, 3.8) is 0 Å². The van der Waals surface area contributed by atoms with Crippen LogP contribution in [0.15, 0.2) is 0 Å². The van der Waals surface area contributed by atoms with E-state index in [1.165, 1.54) is 0 Å². The van der Waals surface area contributed by atoms with E-state index < -0.39 is 35.5 Å². The molecule has 0 bridgehead atoms. The molecular formula is C7H6N2O4. The highest BCUT2D eigenvalue weighted by Gasteiger charge is 2.50. The Bertz CT molecular complexity index is 335. The zero-order valence-electron chi connectivity index (χ0n) is 6.49. The van der Waals surface area contributed by atoms with Gasteiger partial charge < -0.3 is 0 Å². The standard InChI is InChI=1S/C7H6N2O4/c10-3-1-2-4(6(12)8-3)7(13)9-5(2)11/h2,4H,1H2,(H,8,10,12)(H,9,11,13)/t2-,4-/m1/s1. The van der Waals surface area contributed by atoms with Crippen molar-refractivity contribution in [3.05, 3.63) is 0 Å². The molecule has 4 amide bonds. The van der Waals surface area contributed by atoms with Crippen LogP contribution in [0.4, 0.5) is 0 Å². The monoisotopic (exact) mass is 182 g/mol. The zero-order valence-corrected chi connectivity index (χ0v) is 6.49. The average Bonchev–Trinajstić information content (AvgIpc) is 2.27. The summed E-state index contributed by atoms with van der Waals surface area (Å²) in [6.45, 7) is 0. The number of nitrogens with one attached hydrogen (secondary N) is 2. The molecule has 0 aromatic carbocycles. The van der Waals surface area contributed by atoms with E-state index in [1.807, 2.05) is 10.6 Å². The molecule has 2 aliphatic rings. The van der Waals surface area contributed by atoms with Crippen LogP contribution in [-0.4, -0.2) is 23.6 Å². The third-order valence-electron chi connectivity index (χ3n) is 2.22. The molecule has 68 valence electrons. The lowest BCUT2D eigenvalue weighted by Crippen LogP contribution is -2.47. The Hall–Kier alpha value is -1.72. The van der Waals surface area contributed by atoms with Gasteiger partial charge in [0, 0.05) is 6.42 Å². The zero-order chi connectivity index (χ0) is 9.59. The molecule has 13 heavy (non-hydrogen) atoms. The molecule has 0 unspecified atom stereocenters. The second-order valence-electron chi connectivity index (χ2n) is 3.05. The molecule has 6 nitrogen and oxygen atoms in total. The van der Waals surface area contributed by atoms with Crippen LogP contribution in [0.5, 0.6) is 0 Å². The number of rotatable bonds is 0. The fourth-order valence-electron chi connectivity index (χ4n) is 1.60. The van der Waals surface area contributed by atoms with Crippen LogP contribution in [-0.2, 0) is 19.2 Å². The molecule has 2 saturated heterocycles. The summed E-state index contributed by atoms with van der Waals surface area (Å²) in [4.78, 5) is 44.0. The summed E-state index contributed by atoms with van der Waals surface area (Å²) in [6.07, 6.45) is -0.0893. The van der Waals surface area contributed by atoms with E-state index in [4.69, 9.17) is 0 Å². The quantitative estimate of drug-likeness (QED) is 0.332. The largest absolute Gasteiger partial charge is 0.296 e. The van der Waals surface area contributed by atoms with Crippen LogP contribution < -0.4 is 10.6 Å². The van der Waals surface area contributed by atoms with Crippen molar-refractivity contribution >= 4 is 23.6 Å². The van der Waals surface area contributed by atoms with Gasteiger partial charge in [0.15, 0.2) is 0 Å². The first kappa shape index (κ1) is 7.90. The fourth-order valence-corrected chi connectivity index (χ4v) is 1.60. The summed E-state index contributed by atoms with van der Waals surface area (Å²) < 4.78 is 0. The summed E-state index contributed by atoms with van der Waals surface area (Å²) >= 11 is 0. The van der Waals surface area contributed by atoms with Crippen LogP contribution in [0.3, 0.4) is 0 Å². The lowest BCUT2D eigenvalue weighted by Gasteiger charge is -2.19. The van der Waals surface area contributed by atoms with Gasteiger partial charge in [-0.05, 0) is 0 Å². The van der Waals surface area contributed by atoms with Crippen LogP contribution in [0.2, 0.25) is 0 Å². The van der Waals surface area contributed by atoms with E-state index in [2.05, 4.69) is 0 Å². The first-order chi connectivity index (χ1) is 6.09. The molecular weight excluding hydrogens is 176 g/mol. The minimum Gasteiger partial charge on any atom is -0.296 e. The number of hydrogen-bond donors (Lipinski definition) is 2. The fraction of sp³-hybridized carbons (Fsp3) is 0.429. The van der Waals surface area contributed by atoms with Gasteiger partial charge in [-0.15, -0.1) is 0 Å². The second kappa shape index (κ2) is 2.38. The van der Waals surface area contributed by atoms with Gasteiger partial charge in [-0.3, -0.25) is 29.8 Å². The summed E-state index contributed by atoms with van der Waals surface area (Å²) in [5.41, 5.74) is 0. The Balaban J connectivity index is 2.34. The molecule has 0 aromatic heterocycles. The molecule has 0 aliphatic carbocycles.